The van der Waals surface area contributed by atoms with Crippen molar-refractivity contribution in [2.75, 3.05) is 23.4 Å². The molecule has 1 saturated heterocycles. The zero-order valence-electron chi connectivity index (χ0n) is 11.5. The van der Waals surface area contributed by atoms with Crippen molar-refractivity contribution in [2.24, 2.45) is 0 Å². The molecule has 0 spiro atoms. The summed E-state index contributed by atoms with van der Waals surface area (Å²) in [6, 6.07) is 11.0. The first kappa shape index (κ1) is 15.1. The number of hydrogen-bond acceptors (Lipinski definition) is 4. The number of halogens is 1. The Balaban J connectivity index is 1.67. The Morgan fingerprint density at radius 3 is 2.91 bits per heavy atom. The molecular weight excluding hydrogens is 368 g/mol. The molecule has 1 aromatic heterocycles. The number of nitrogens with one attached hydrogen (secondary N) is 1. The second-order valence-electron chi connectivity index (χ2n) is 4.75. The van der Waals surface area contributed by atoms with Gasteiger partial charge in [0.05, 0.1) is 16.8 Å². The second kappa shape index (κ2) is 6.50. The maximum atomic E-state index is 12.1. The first-order valence-electron chi connectivity index (χ1n) is 6.70. The first-order valence-corrected chi connectivity index (χ1v) is 8.31. The number of thiophene rings is 1. The average molecular weight is 381 g/mol. The van der Waals surface area contributed by atoms with Crippen LogP contribution in [0.5, 0.6) is 0 Å². The van der Waals surface area contributed by atoms with Crippen LogP contribution < -0.4 is 10.2 Å². The summed E-state index contributed by atoms with van der Waals surface area (Å²) in [5, 5.41) is 2.85. The van der Waals surface area contributed by atoms with Crippen molar-refractivity contribution in [1.82, 2.24) is 0 Å². The summed E-state index contributed by atoms with van der Waals surface area (Å²) in [6.45, 7) is 0.919. The number of carbonyl (C=O) groups is 2. The Kier molecular flexibility index (Phi) is 4.44. The van der Waals surface area contributed by atoms with Crippen molar-refractivity contribution in [3.05, 3.63) is 45.1 Å². The highest BCUT2D eigenvalue weighted by Gasteiger charge is 2.23. The van der Waals surface area contributed by atoms with Crippen LogP contribution in [-0.2, 0) is 16.0 Å². The van der Waals surface area contributed by atoms with E-state index in [9.17, 15) is 9.59 Å². The van der Waals surface area contributed by atoms with Crippen LogP contribution in [0, 0.1) is 0 Å². The van der Waals surface area contributed by atoms with Gasteiger partial charge in [0.25, 0.3) is 0 Å². The van der Waals surface area contributed by atoms with Crippen molar-refractivity contribution in [1.29, 1.82) is 0 Å². The lowest BCUT2D eigenvalue weighted by Crippen LogP contribution is -2.23. The van der Waals surface area contributed by atoms with E-state index in [1.807, 2.05) is 18.2 Å². The minimum Gasteiger partial charge on any atom is -0.447 e. The number of anilines is 2. The van der Waals surface area contributed by atoms with Gasteiger partial charge in [0.1, 0.15) is 6.61 Å². The summed E-state index contributed by atoms with van der Waals surface area (Å²) in [4.78, 5) is 26.2. The zero-order chi connectivity index (χ0) is 15.5. The molecule has 2 heterocycles. The Hall–Kier alpha value is -1.86. The monoisotopic (exact) mass is 380 g/mol. The molecule has 0 unspecified atom stereocenters. The number of nitrogens with zero attached hydrogens (tertiary/aromatic N) is 1. The minimum atomic E-state index is -0.355. The average Bonchev–Trinajstić information content (AvgIpc) is 3.07. The molecule has 0 aliphatic carbocycles. The number of hydrogen-bond donors (Lipinski definition) is 1. The van der Waals surface area contributed by atoms with Crippen LogP contribution in [0.25, 0.3) is 0 Å². The van der Waals surface area contributed by atoms with E-state index < -0.39 is 0 Å². The lowest BCUT2D eigenvalue weighted by atomic mass is 10.2. The third-order valence-corrected chi connectivity index (χ3v) is 4.79. The standard InChI is InChI=1S/C15H13BrN2O3S/c16-13-5-4-12(22-13)9-14(19)17-10-2-1-3-11(8-10)18-6-7-21-15(18)20/h1-5,8H,6-7,9H2,(H,17,19). The maximum Gasteiger partial charge on any atom is 0.414 e. The number of amides is 2. The number of cyclic esters (lactones) is 1. The largest absolute Gasteiger partial charge is 0.447 e. The van der Waals surface area contributed by atoms with Crippen LogP contribution in [0.4, 0.5) is 16.2 Å². The Labute approximate surface area is 140 Å². The van der Waals surface area contributed by atoms with Gasteiger partial charge in [0, 0.05) is 16.3 Å². The van der Waals surface area contributed by atoms with E-state index in [1.54, 1.807) is 23.1 Å². The van der Waals surface area contributed by atoms with Crippen molar-refractivity contribution in [2.45, 2.75) is 6.42 Å². The van der Waals surface area contributed by atoms with Gasteiger partial charge in [-0.1, -0.05) is 6.07 Å². The molecule has 22 heavy (non-hydrogen) atoms. The molecule has 114 valence electrons. The molecule has 1 aliphatic heterocycles. The van der Waals surface area contributed by atoms with E-state index in [2.05, 4.69) is 21.2 Å². The van der Waals surface area contributed by atoms with Gasteiger partial charge in [-0.25, -0.2) is 4.79 Å². The molecule has 1 N–H and O–H groups in total. The molecule has 1 aliphatic rings. The smallest absolute Gasteiger partial charge is 0.414 e. The Morgan fingerprint density at radius 2 is 2.23 bits per heavy atom. The van der Waals surface area contributed by atoms with Gasteiger partial charge in [-0.3, -0.25) is 9.69 Å². The van der Waals surface area contributed by atoms with Crippen LogP contribution in [0.3, 0.4) is 0 Å². The zero-order valence-corrected chi connectivity index (χ0v) is 13.9. The predicted molar refractivity (Wildman–Crippen MR) is 89.5 cm³/mol. The summed E-state index contributed by atoms with van der Waals surface area (Å²) in [5.74, 6) is -0.0875. The minimum absolute atomic E-state index is 0.0875. The van der Waals surface area contributed by atoms with Crippen molar-refractivity contribution >= 4 is 50.6 Å². The Bertz CT molecular complexity index is 716. The fraction of sp³-hybridized carbons (Fsp3) is 0.200. The van der Waals surface area contributed by atoms with E-state index in [1.165, 1.54) is 11.3 Å². The first-order chi connectivity index (χ1) is 10.6. The van der Waals surface area contributed by atoms with E-state index in [4.69, 9.17) is 4.74 Å². The molecule has 7 heteroatoms. The molecule has 0 bridgehead atoms. The molecule has 3 rings (SSSR count). The molecule has 1 aromatic carbocycles. The van der Waals surface area contributed by atoms with Gasteiger partial charge in [-0.05, 0) is 46.3 Å². The SMILES string of the molecule is O=C(Cc1ccc(Br)s1)Nc1cccc(N2CCOC2=O)c1. The summed E-state index contributed by atoms with van der Waals surface area (Å²) < 4.78 is 5.92. The number of carbonyl (C=O) groups excluding carboxylic acids is 2. The van der Waals surface area contributed by atoms with Gasteiger partial charge >= 0.3 is 6.09 Å². The normalized spacial score (nSPS) is 14.0. The van der Waals surface area contributed by atoms with E-state index >= 15 is 0 Å². The maximum absolute atomic E-state index is 12.1. The summed E-state index contributed by atoms with van der Waals surface area (Å²) in [7, 11) is 0. The molecule has 2 amide bonds. The molecule has 2 aromatic rings. The molecule has 1 fully saturated rings. The topological polar surface area (TPSA) is 58.6 Å². The lowest BCUT2D eigenvalue weighted by Gasteiger charge is -2.14. The fourth-order valence-corrected chi connectivity index (χ4v) is 3.67. The van der Waals surface area contributed by atoms with E-state index in [-0.39, 0.29) is 12.0 Å². The Morgan fingerprint density at radius 1 is 1.36 bits per heavy atom. The van der Waals surface area contributed by atoms with Crippen LogP contribution in [0.1, 0.15) is 4.88 Å². The predicted octanol–water partition coefficient (Wildman–Crippen LogP) is 3.65. The van der Waals surface area contributed by atoms with Crippen molar-refractivity contribution < 1.29 is 14.3 Å². The van der Waals surface area contributed by atoms with Crippen LogP contribution in [-0.4, -0.2) is 25.2 Å². The van der Waals surface area contributed by atoms with Gasteiger partial charge in [-0.2, -0.15) is 0 Å². The third kappa shape index (κ3) is 3.48. The molecule has 0 atom stereocenters. The van der Waals surface area contributed by atoms with E-state index in [0.717, 1.165) is 14.4 Å². The highest BCUT2D eigenvalue weighted by atomic mass is 79.9. The van der Waals surface area contributed by atoms with Crippen LogP contribution >= 0.6 is 27.3 Å². The summed E-state index contributed by atoms with van der Waals surface area (Å²) >= 11 is 4.92. The lowest BCUT2D eigenvalue weighted by molar-refractivity contribution is -0.115. The number of ether oxygens (including phenoxy) is 1. The summed E-state index contributed by atoms with van der Waals surface area (Å²) in [6.07, 6.45) is -0.0291. The summed E-state index contributed by atoms with van der Waals surface area (Å²) in [5.41, 5.74) is 1.39. The van der Waals surface area contributed by atoms with Gasteiger partial charge in [0.2, 0.25) is 5.91 Å². The molecular formula is C15H13BrN2O3S. The molecule has 5 nitrogen and oxygen atoms in total. The second-order valence-corrected chi connectivity index (χ2v) is 7.29. The quantitative estimate of drug-likeness (QED) is 0.880. The fourth-order valence-electron chi connectivity index (χ4n) is 2.19. The molecule has 0 saturated carbocycles. The van der Waals surface area contributed by atoms with Crippen molar-refractivity contribution in [3.8, 4) is 0 Å². The number of benzene rings is 1. The van der Waals surface area contributed by atoms with Crippen LogP contribution in [0.15, 0.2) is 40.2 Å². The van der Waals surface area contributed by atoms with Crippen molar-refractivity contribution in [3.63, 3.8) is 0 Å². The highest BCUT2D eigenvalue weighted by Crippen LogP contribution is 2.24. The van der Waals surface area contributed by atoms with E-state index in [0.29, 0.717) is 25.3 Å². The van der Waals surface area contributed by atoms with Crippen LogP contribution in [0.2, 0.25) is 0 Å². The van der Waals surface area contributed by atoms with Gasteiger partial charge in [-0.15, -0.1) is 11.3 Å². The van der Waals surface area contributed by atoms with Gasteiger partial charge in [0.15, 0.2) is 0 Å². The highest BCUT2D eigenvalue weighted by molar-refractivity contribution is 9.11. The molecule has 0 radical (unpaired) electrons. The number of rotatable bonds is 4. The third-order valence-electron chi connectivity index (χ3n) is 3.17. The van der Waals surface area contributed by atoms with Gasteiger partial charge < -0.3 is 10.1 Å².